The van der Waals surface area contributed by atoms with Crippen LogP contribution < -0.4 is 19.5 Å². The highest BCUT2D eigenvalue weighted by Crippen LogP contribution is 2.38. The zero-order chi connectivity index (χ0) is 16.8. The van der Waals surface area contributed by atoms with E-state index in [-0.39, 0.29) is 11.0 Å². The van der Waals surface area contributed by atoms with Crippen molar-refractivity contribution < 1.29 is 23.8 Å². The maximum atomic E-state index is 11.9. The van der Waals surface area contributed by atoms with Crippen LogP contribution in [0.15, 0.2) is 18.2 Å². The first-order valence-corrected chi connectivity index (χ1v) is 8.02. The Bertz CT molecular complexity index is 604. The molecule has 2 rings (SSSR count). The maximum absolute atomic E-state index is 11.9. The Morgan fingerprint density at radius 1 is 1.22 bits per heavy atom. The second kappa shape index (κ2) is 7.92. The van der Waals surface area contributed by atoms with E-state index >= 15 is 0 Å². The average Bonchev–Trinajstić information content (AvgIpc) is 2.96. The van der Waals surface area contributed by atoms with E-state index in [4.69, 9.17) is 14.2 Å². The Morgan fingerprint density at radius 2 is 1.87 bits per heavy atom. The standard InChI is InChI=1S/C16H19NO5S/c1-20-12-8-10(9-13(21-2)15(12)22-3)4-5-14(18)17-11-6-7-23-16(11)19/h4-5,8-9,11H,6-7H2,1-3H3,(H,17,18)/b5-4+. The van der Waals surface area contributed by atoms with Crippen molar-refractivity contribution >= 4 is 28.9 Å². The van der Waals surface area contributed by atoms with Crippen molar-refractivity contribution in [3.05, 3.63) is 23.8 Å². The number of amides is 1. The van der Waals surface area contributed by atoms with Crippen LogP contribution in [-0.4, -0.2) is 44.1 Å². The minimum absolute atomic E-state index is 0.0135. The number of methoxy groups -OCH3 is 3. The molecule has 1 amide bonds. The van der Waals surface area contributed by atoms with Gasteiger partial charge in [-0.3, -0.25) is 9.59 Å². The molecule has 0 bridgehead atoms. The molecule has 1 aliphatic rings. The van der Waals surface area contributed by atoms with E-state index in [9.17, 15) is 9.59 Å². The Labute approximate surface area is 139 Å². The second-order valence-electron chi connectivity index (χ2n) is 4.81. The van der Waals surface area contributed by atoms with Gasteiger partial charge in [0.1, 0.15) is 0 Å². The van der Waals surface area contributed by atoms with Crippen molar-refractivity contribution in [3.8, 4) is 17.2 Å². The number of thioether (sulfide) groups is 1. The lowest BCUT2D eigenvalue weighted by Gasteiger charge is -2.13. The molecule has 6 nitrogen and oxygen atoms in total. The molecule has 7 heteroatoms. The van der Waals surface area contributed by atoms with Crippen LogP contribution >= 0.6 is 11.8 Å². The summed E-state index contributed by atoms with van der Waals surface area (Å²) in [7, 11) is 4.59. The van der Waals surface area contributed by atoms with Gasteiger partial charge >= 0.3 is 0 Å². The summed E-state index contributed by atoms with van der Waals surface area (Å²) in [6.45, 7) is 0. The number of hydrogen-bond donors (Lipinski definition) is 1. The minimum Gasteiger partial charge on any atom is -0.493 e. The summed E-state index contributed by atoms with van der Waals surface area (Å²) in [5.41, 5.74) is 0.724. The van der Waals surface area contributed by atoms with E-state index in [2.05, 4.69) is 5.32 Å². The Kier molecular flexibility index (Phi) is 5.92. The number of rotatable bonds is 6. The quantitative estimate of drug-likeness (QED) is 0.799. The molecule has 1 atom stereocenters. The lowest BCUT2D eigenvalue weighted by molar-refractivity contribution is -0.120. The highest BCUT2D eigenvalue weighted by Gasteiger charge is 2.25. The topological polar surface area (TPSA) is 73.9 Å². The minimum atomic E-state index is -0.392. The summed E-state index contributed by atoms with van der Waals surface area (Å²) in [6.07, 6.45) is 3.69. The first-order chi connectivity index (χ1) is 11.1. The molecular formula is C16H19NO5S. The SMILES string of the molecule is COc1cc(/C=C/C(=O)NC2CCSC2=O)cc(OC)c1OC. The number of benzene rings is 1. The monoisotopic (exact) mass is 337 g/mol. The van der Waals surface area contributed by atoms with Crippen LogP contribution in [0.4, 0.5) is 0 Å². The Morgan fingerprint density at radius 3 is 2.35 bits per heavy atom. The van der Waals surface area contributed by atoms with Crippen LogP contribution in [0.25, 0.3) is 6.08 Å². The van der Waals surface area contributed by atoms with Crippen molar-refractivity contribution in [2.45, 2.75) is 12.5 Å². The third-order valence-electron chi connectivity index (χ3n) is 3.37. The van der Waals surface area contributed by atoms with Crippen LogP contribution in [0.5, 0.6) is 17.2 Å². The smallest absolute Gasteiger partial charge is 0.244 e. The van der Waals surface area contributed by atoms with Crippen LogP contribution in [0.2, 0.25) is 0 Å². The zero-order valence-corrected chi connectivity index (χ0v) is 14.1. The zero-order valence-electron chi connectivity index (χ0n) is 13.3. The van der Waals surface area contributed by atoms with E-state index < -0.39 is 6.04 Å². The molecule has 1 heterocycles. The predicted molar refractivity (Wildman–Crippen MR) is 89.1 cm³/mol. The van der Waals surface area contributed by atoms with Crippen molar-refractivity contribution in [1.82, 2.24) is 5.32 Å². The maximum Gasteiger partial charge on any atom is 0.244 e. The summed E-state index contributed by atoms with van der Waals surface area (Å²) in [6, 6.07) is 3.08. The van der Waals surface area contributed by atoms with Gasteiger partial charge < -0.3 is 19.5 Å². The third-order valence-corrected chi connectivity index (χ3v) is 4.37. The summed E-state index contributed by atoms with van der Waals surface area (Å²) < 4.78 is 15.8. The molecule has 0 saturated carbocycles. The molecule has 0 radical (unpaired) electrons. The fourth-order valence-electron chi connectivity index (χ4n) is 2.22. The van der Waals surface area contributed by atoms with Crippen LogP contribution in [0.1, 0.15) is 12.0 Å². The fourth-order valence-corrected chi connectivity index (χ4v) is 3.15. The summed E-state index contributed by atoms with van der Waals surface area (Å²) >= 11 is 1.25. The molecule has 1 fully saturated rings. The van der Waals surface area contributed by atoms with Gasteiger partial charge in [0.25, 0.3) is 0 Å². The van der Waals surface area contributed by atoms with Gasteiger partial charge in [-0.15, -0.1) is 0 Å². The first kappa shape index (κ1) is 17.2. The van der Waals surface area contributed by atoms with E-state index in [0.29, 0.717) is 23.7 Å². The molecule has 124 valence electrons. The molecule has 1 saturated heterocycles. The number of ether oxygens (including phenoxy) is 3. The normalized spacial score (nSPS) is 17.3. The van der Waals surface area contributed by atoms with Crippen molar-refractivity contribution in [3.63, 3.8) is 0 Å². The highest BCUT2D eigenvalue weighted by molar-refractivity contribution is 8.14. The molecule has 1 aromatic carbocycles. The van der Waals surface area contributed by atoms with Crippen molar-refractivity contribution in [2.75, 3.05) is 27.1 Å². The van der Waals surface area contributed by atoms with E-state index in [0.717, 1.165) is 11.3 Å². The van der Waals surface area contributed by atoms with E-state index in [1.54, 1.807) is 18.2 Å². The van der Waals surface area contributed by atoms with Gasteiger partial charge in [-0.1, -0.05) is 11.8 Å². The highest BCUT2D eigenvalue weighted by atomic mass is 32.2. The molecule has 1 N–H and O–H groups in total. The first-order valence-electron chi connectivity index (χ1n) is 7.04. The fraction of sp³-hybridized carbons (Fsp3) is 0.375. The van der Waals surface area contributed by atoms with Gasteiger partial charge in [0, 0.05) is 11.8 Å². The second-order valence-corrected chi connectivity index (χ2v) is 5.91. The molecule has 1 aliphatic heterocycles. The molecule has 23 heavy (non-hydrogen) atoms. The largest absolute Gasteiger partial charge is 0.493 e. The Hall–Kier alpha value is -2.15. The van der Waals surface area contributed by atoms with Gasteiger partial charge in [-0.05, 0) is 30.2 Å². The number of carbonyl (C=O) groups is 2. The van der Waals surface area contributed by atoms with Gasteiger partial charge in [0.2, 0.25) is 16.8 Å². The van der Waals surface area contributed by atoms with Crippen LogP contribution in [-0.2, 0) is 9.59 Å². The molecule has 1 unspecified atom stereocenters. The van der Waals surface area contributed by atoms with Crippen LogP contribution in [0.3, 0.4) is 0 Å². The van der Waals surface area contributed by atoms with Gasteiger partial charge in [0.15, 0.2) is 11.5 Å². The van der Waals surface area contributed by atoms with E-state index in [1.165, 1.54) is 39.2 Å². The van der Waals surface area contributed by atoms with Gasteiger partial charge in [0.05, 0.1) is 27.4 Å². The summed E-state index contributed by atoms with van der Waals surface area (Å²) in [4.78, 5) is 23.4. The van der Waals surface area contributed by atoms with Crippen molar-refractivity contribution in [1.29, 1.82) is 0 Å². The van der Waals surface area contributed by atoms with Gasteiger partial charge in [-0.2, -0.15) is 0 Å². The lowest BCUT2D eigenvalue weighted by atomic mass is 10.1. The average molecular weight is 337 g/mol. The number of nitrogens with one attached hydrogen (secondary N) is 1. The predicted octanol–water partition coefficient (Wildman–Crippen LogP) is 1.87. The molecular weight excluding hydrogens is 318 g/mol. The van der Waals surface area contributed by atoms with Crippen molar-refractivity contribution in [2.24, 2.45) is 0 Å². The number of hydrogen-bond acceptors (Lipinski definition) is 6. The third kappa shape index (κ3) is 4.19. The van der Waals surface area contributed by atoms with Gasteiger partial charge in [-0.25, -0.2) is 0 Å². The molecule has 0 aromatic heterocycles. The van der Waals surface area contributed by atoms with E-state index in [1.807, 2.05) is 0 Å². The molecule has 0 spiro atoms. The number of carbonyl (C=O) groups excluding carboxylic acids is 2. The summed E-state index contributed by atoms with van der Waals surface area (Å²) in [5.74, 6) is 1.95. The van der Waals surface area contributed by atoms with Crippen LogP contribution in [0, 0.1) is 0 Å². The summed E-state index contributed by atoms with van der Waals surface area (Å²) in [5, 5.41) is 2.71. The molecule has 0 aliphatic carbocycles. The Balaban J connectivity index is 2.12. The molecule has 1 aromatic rings. The lowest BCUT2D eigenvalue weighted by Crippen LogP contribution is -2.35.